The number of amides is 1. The number of fused-ring (bicyclic) bond motifs is 11. The number of carbonyl (C=O) groups is 3. The Morgan fingerprint density at radius 3 is 2.21 bits per heavy atom. The number of benzene rings is 4. The van der Waals surface area contributed by atoms with Crippen molar-refractivity contribution in [3.63, 3.8) is 0 Å². The minimum atomic E-state index is -1.33. The molecule has 0 aromatic heterocycles. The van der Waals surface area contributed by atoms with Crippen LogP contribution in [0.3, 0.4) is 0 Å². The van der Waals surface area contributed by atoms with E-state index in [1.54, 1.807) is 18.2 Å². The first kappa shape index (κ1) is 41.5. The van der Waals surface area contributed by atoms with Crippen molar-refractivity contribution < 1.29 is 43.9 Å². The number of hydrogen-bond acceptors (Lipinski definition) is 10. The minimum Gasteiger partial charge on any atom is -0.508 e. The highest BCUT2D eigenvalue weighted by molar-refractivity contribution is 7.80. The second-order valence-electron chi connectivity index (χ2n) is 17.8. The maximum absolute atomic E-state index is 13.4. The van der Waals surface area contributed by atoms with Crippen LogP contribution in [0.2, 0.25) is 0 Å². The zero-order chi connectivity index (χ0) is 43.2. The number of nitrogens with one attached hydrogen (secondary N) is 3. The van der Waals surface area contributed by atoms with Gasteiger partial charge in [0, 0.05) is 59.4 Å². The monoisotopic (exact) mass is 859 g/mol. The molecular weight excluding hydrogens is 807 g/mol. The van der Waals surface area contributed by atoms with Crippen LogP contribution in [0.1, 0.15) is 122 Å². The highest BCUT2D eigenvalue weighted by Gasteiger charge is 2.57. The van der Waals surface area contributed by atoms with Crippen LogP contribution in [0.25, 0.3) is 0 Å². The molecule has 2 heterocycles. The largest absolute Gasteiger partial charge is 0.508 e. The van der Waals surface area contributed by atoms with Gasteiger partial charge in [0.2, 0.25) is 5.91 Å². The topological polar surface area (TPSA) is 176 Å². The summed E-state index contributed by atoms with van der Waals surface area (Å²) in [5, 5.41) is 40.1. The molecule has 0 unspecified atom stereocenters. The van der Waals surface area contributed by atoms with E-state index >= 15 is 0 Å². The van der Waals surface area contributed by atoms with E-state index < -0.39 is 11.6 Å². The molecule has 2 saturated carbocycles. The number of unbranched alkanes of at least 4 members (excludes halogenated alkanes) is 3. The SMILES string of the molecule is C[C@]12CC[C@@H]3c4ccc(O)cc4CC[C@H]3[C@@H]1CC[C@@H]2OC(=O)CCC(=O)NCCCCCCNC(=S)Nc1ccc2c(c1)C(=O)OC21c2ccc(O)cc2Oc2cc(O)ccc21. The van der Waals surface area contributed by atoms with Gasteiger partial charge in [0.15, 0.2) is 10.7 Å². The summed E-state index contributed by atoms with van der Waals surface area (Å²) in [5.41, 5.74) is 3.98. The molecule has 13 heteroatoms. The highest BCUT2D eigenvalue weighted by atomic mass is 32.1. The van der Waals surface area contributed by atoms with Gasteiger partial charge in [-0.1, -0.05) is 31.9 Å². The molecular formula is C49H53N3O9S. The molecule has 0 radical (unpaired) electrons. The van der Waals surface area contributed by atoms with Crippen molar-refractivity contribution in [2.75, 3.05) is 18.4 Å². The van der Waals surface area contributed by atoms with Gasteiger partial charge in [-0.15, -0.1) is 0 Å². The van der Waals surface area contributed by atoms with Crippen molar-refractivity contribution in [1.29, 1.82) is 0 Å². The Kier molecular flexibility index (Phi) is 11.3. The van der Waals surface area contributed by atoms with Crippen LogP contribution >= 0.6 is 12.2 Å². The van der Waals surface area contributed by atoms with Crippen molar-refractivity contribution in [3.05, 3.63) is 106 Å². The first-order valence-electron chi connectivity index (χ1n) is 22.0. The number of hydrogen-bond donors (Lipinski definition) is 6. The molecule has 4 aromatic carbocycles. The maximum Gasteiger partial charge on any atom is 0.340 e. The van der Waals surface area contributed by atoms with Gasteiger partial charge in [0.1, 0.15) is 34.9 Å². The quantitative estimate of drug-likeness (QED) is 0.0456. The lowest BCUT2D eigenvalue weighted by molar-refractivity contribution is -0.158. The molecule has 2 fully saturated rings. The Morgan fingerprint density at radius 1 is 0.790 bits per heavy atom. The third kappa shape index (κ3) is 7.69. The second kappa shape index (κ2) is 16.8. The molecule has 2 aliphatic heterocycles. The Bertz CT molecular complexity index is 2390. The van der Waals surface area contributed by atoms with E-state index in [1.165, 1.54) is 35.4 Å². The molecule has 9 rings (SSSR count). The Morgan fingerprint density at radius 2 is 1.47 bits per heavy atom. The summed E-state index contributed by atoms with van der Waals surface area (Å²) < 4.78 is 18.3. The average molecular weight is 860 g/mol. The highest BCUT2D eigenvalue weighted by Crippen LogP contribution is 2.62. The standard InChI is InChI=1S/C49H53N3O9S/c1-48-21-20-34-33-12-8-30(53)24-28(33)6-11-35(34)37(48)16-17-43(48)60-45(57)19-18-44(56)50-22-4-2-3-5-23-51-47(62)52-29-7-13-38-36(25-29)46(58)61-49(38)39-14-9-31(54)26-41(39)59-42-27-32(55)10-15-40(42)49/h7-10,12-15,24-27,34-35,37,43,53-55H,2-6,11,16-23H2,1H3,(H,50,56)(H2,51,52,62)/t34-,35-,37+,43+,48+/m1/s1. The lowest BCUT2D eigenvalue weighted by Gasteiger charge is -2.50. The number of ether oxygens (including phenoxy) is 3. The van der Waals surface area contributed by atoms with Gasteiger partial charge in [0.25, 0.3) is 0 Å². The van der Waals surface area contributed by atoms with Crippen molar-refractivity contribution in [3.8, 4) is 28.7 Å². The number of rotatable bonds is 12. The molecule has 324 valence electrons. The molecule has 0 saturated heterocycles. The van der Waals surface area contributed by atoms with Crippen LogP contribution in [0, 0.1) is 17.3 Å². The predicted octanol–water partition coefficient (Wildman–Crippen LogP) is 8.58. The summed E-state index contributed by atoms with van der Waals surface area (Å²) in [6, 6.07) is 20.5. The number of esters is 2. The zero-order valence-corrected chi connectivity index (χ0v) is 35.7. The van der Waals surface area contributed by atoms with Gasteiger partial charge in [-0.3, -0.25) is 9.59 Å². The number of anilines is 1. The molecule has 5 aliphatic rings. The maximum atomic E-state index is 13.4. The van der Waals surface area contributed by atoms with E-state index in [4.69, 9.17) is 26.4 Å². The molecule has 12 nitrogen and oxygen atoms in total. The molecule has 0 bridgehead atoms. The molecule has 5 atom stereocenters. The normalized spacial score (nSPS) is 23.3. The third-order valence-electron chi connectivity index (χ3n) is 14.2. The Labute approximate surface area is 366 Å². The summed E-state index contributed by atoms with van der Waals surface area (Å²) in [4.78, 5) is 39.0. The van der Waals surface area contributed by atoms with Gasteiger partial charge in [-0.05, 0) is 141 Å². The molecule has 1 spiro atoms. The van der Waals surface area contributed by atoms with Crippen LogP contribution < -0.4 is 20.7 Å². The summed E-state index contributed by atoms with van der Waals surface area (Å²) in [6.45, 7) is 3.50. The van der Waals surface area contributed by atoms with Crippen LogP contribution in [-0.2, 0) is 31.1 Å². The van der Waals surface area contributed by atoms with Crippen molar-refractivity contribution >= 4 is 40.9 Å². The van der Waals surface area contributed by atoms with Crippen molar-refractivity contribution in [1.82, 2.24) is 10.6 Å². The van der Waals surface area contributed by atoms with E-state index in [0.717, 1.165) is 64.2 Å². The van der Waals surface area contributed by atoms with E-state index in [-0.39, 0.29) is 47.7 Å². The molecule has 4 aromatic rings. The predicted molar refractivity (Wildman–Crippen MR) is 236 cm³/mol. The smallest absolute Gasteiger partial charge is 0.340 e. The van der Waals surface area contributed by atoms with Crippen molar-refractivity contribution in [2.45, 2.75) is 102 Å². The molecule has 3 aliphatic carbocycles. The summed E-state index contributed by atoms with van der Waals surface area (Å²) in [7, 11) is 0. The lowest BCUT2D eigenvalue weighted by atomic mass is 9.55. The van der Waals surface area contributed by atoms with E-state index in [0.29, 0.717) is 81.1 Å². The number of thiocarbonyl (C=S) groups is 1. The van der Waals surface area contributed by atoms with Crippen LogP contribution in [0.15, 0.2) is 72.8 Å². The number of phenols is 3. The van der Waals surface area contributed by atoms with Gasteiger partial charge in [-0.25, -0.2) is 4.79 Å². The number of carbonyl (C=O) groups excluding carboxylic acids is 3. The Hall–Kier alpha value is -5.82. The van der Waals surface area contributed by atoms with E-state index in [1.807, 2.05) is 24.3 Å². The van der Waals surface area contributed by atoms with Gasteiger partial charge < -0.3 is 45.5 Å². The minimum absolute atomic E-state index is 0.0100. The van der Waals surface area contributed by atoms with Crippen LogP contribution in [0.5, 0.6) is 28.7 Å². The summed E-state index contributed by atoms with van der Waals surface area (Å²) in [5.74, 6) is 1.59. The van der Waals surface area contributed by atoms with E-state index in [9.17, 15) is 29.7 Å². The molecule has 6 N–H and O–H groups in total. The van der Waals surface area contributed by atoms with Gasteiger partial charge in [0.05, 0.1) is 12.0 Å². The van der Waals surface area contributed by atoms with Crippen LogP contribution in [-0.4, -0.2) is 57.5 Å². The van der Waals surface area contributed by atoms with E-state index in [2.05, 4.69) is 28.9 Å². The van der Waals surface area contributed by atoms with Gasteiger partial charge in [-0.2, -0.15) is 0 Å². The second-order valence-corrected chi connectivity index (χ2v) is 18.2. The number of phenolic OH excluding ortho intramolecular Hbond substituents is 3. The fourth-order valence-corrected chi connectivity index (χ4v) is 11.4. The average Bonchev–Trinajstić information content (AvgIpc) is 3.73. The van der Waals surface area contributed by atoms with Gasteiger partial charge >= 0.3 is 11.9 Å². The molecule has 62 heavy (non-hydrogen) atoms. The first-order valence-corrected chi connectivity index (χ1v) is 22.4. The Balaban J connectivity index is 0.673. The first-order chi connectivity index (χ1) is 29.9. The summed E-state index contributed by atoms with van der Waals surface area (Å²) >= 11 is 5.55. The summed E-state index contributed by atoms with van der Waals surface area (Å²) in [6.07, 6.45) is 9.76. The van der Waals surface area contributed by atoms with Crippen molar-refractivity contribution in [2.24, 2.45) is 17.3 Å². The number of aryl methyl sites for hydroxylation is 1. The third-order valence-corrected chi connectivity index (χ3v) is 14.4. The number of aromatic hydroxyl groups is 3. The molecule has 1 amide bonds. The van der Waals surface area contributed by atoms with Crippen LogP contribution in [0.4, 0.5) is 5.69 Å². The fraction of sp³-hybridized carbons (Fsp3) is 0.429. The fourth-order valence-electron chi connectivity index (χ4n) is 11.2. The lowest BCUT2D eigenvalue weighted by Crippen LogP contribution is -2.45. The zero-order valence-electron chi connectivity index (χ0n) is 34.8.